The molecule has 154 valence electrons. The summed E-state index contributed by atoms with van der Waals surface area (Å²) in [6.45, 7) is 4.33. The number of carbonyl (C=O) groups excluding carboxylic acids is 2. The van der Waals surface area contributed by atoms with E-state index in [1.54, 1.807) is 0 Å². The molecule has 3 fully saturated rings. The van der Waals surface area contributed by atoms with Crippen LogP contribution in [0.4, 0.5) is 5.69 Å². The van der Waals surface area contributed by atoms with Crippen molar-refractivity contribution in [1.82, 2.24) is 15.5 Å². The van der Waals surface area contributed by atoms with Gasteiger partial charge in [-0.05, 0) is 63.2 Å². The number of halogens is 1. The maximum absolute atomic E-state index is 13.0. The number of nitrogens with one attached hydrogen (secondary N) is 2. The van der Waals surface area contributed by atoms with Gasteiger partial charge in [-0.2, -0.15) is 0 Å². The lowest BCUT2D eigenvalue weighted by Crippen LogP contribution is -2.49. The summed E-state index contributed by atoms with van der Waals surface area (Å²) in [4.78, 5) is 29.5. The van der Waals surface area contributed by atoms with Crippen LogP contribution in [0.3, 0.4) is 0 Å². The van der Waals surface area contributed by atoms with E-state index in [0.29, 0.717) is 5.92 Å². The Labute approximate surface area is 173 Å². The summed E-state index contributed by atoms with van der Waals surface area (Å²) in [6.07, 6.45) is 5.12. The van der Waals surface area contributed by atoms with Gasteiger partial charge in [0.1, 0.15) is 0 Å². The van der Waals surface area contributed by atoms with E-state index in [1.807, 2.05) is 35.2 Å². The number of anilines is 1. The molecule has 1 aromatic carbocycles. The van der Waals surface area contributed by atoms with Gasteiger partial charge in [0.05, 0.1) is 12.1 Å². The zero-order valence-corrected chi connectivity index (χ0v) is 17.1. The maximum Gasteiger partial charge on any atom is 0.244 e. The summed E-state index contributed by atoms with van der Waals surface area (Å²) in [5.41, 5.74) is 0.995. The molecule has 0 saturated carbocycles. The van der Waals surface area contributed by atoms with Crippen molar-refractivity contribution in [1.29, 1.82) is 0 Å². The van der Waals surface area contributed by atoms with Crippen LogP contribution in [0.5, 0.6) is 0 Å². The quantitative estimate of drug-likeness (QED) is 0.782. The van der Waals surface area contributed by atoms with Gasteiger partial charge in [-0.15, -0.1) is 12.4 Å². The summed E-state index contributed by atoms with van der Waals surface area (Å²) in [7, 11) is 0. The molecule has 0 aliphatic carbocycles. The van der Waals surface area contributed by atoms with Gasteiger partial charge in [0.2, 0.25) is 11.8 Å². The van der Waals surface area contributed by atoms with E-state index in [4.69, 9.17) is 0 Å². The van der Waals surface area contributed by atoms with Crippen LogP contribution in [0.15, 0.2) is 30.3 Å². The Morgan fingerprint density at radius 3 is 2.68 bits per heavy atom. The monoisotopic (exact) mass is 406 g/mol. The standard InChI is InChI=1S/C21H30N4O2.ClH/c26-20(18-9-4-11-22-18)23-14-16-6-5-12-24(15-16)19-10-13-25(21(19)27)17-7-2-1-3-8-17;/h1-3,7-8,16,18-19,22H,4-6,9-15H2,(H,23,26);1H. The minimum atomic E-state index is -0.0137. The highest BCUT2D eigenvalue weighted by Gasteiger charge is 2.38. The Morgan fingerprint density at radius 2 is 1.93 bits per heavy atom. The number of piperidine rings is 1. The molecule has 3 saturated heterocycles. The minimum absolute atomic E-state index is 0. The molecule has 0 aromatic heterocycles. The number of amides is 2. The van der Waals surface area contributed by atoms with Gasteiger partial charge in [-0.1, -0.05) is 18.2 Å². The molecule has 3 atom stereocenters. The molecule has 3 aliphatic heterocycles. The highest BCUT2D eigenvalue weighted by Crippen LogP contribution is 2.27. The molecule has 0 radical (unpaired) electrons. The second kappa shape index (κ2) is 9.72. The Morgan fingerprint density at radius 1 is 1.11 bits per heavy atom. The van der Waals surface area contributed by atoms with Crippen molar-refractivity contribution in [2.24, 2.45) is 5.92 Å². The van der Waals surface area contributed by atoms with Gasteiger partial charge in [-0.3, -0.25) is 14.5 Å². The van der Waals surface area contributed by atoms with Crippen molar-refractivity contribution < 1.29 is 9.59 Å². The van der Waals surface area contributed by atoms with E-state index < -0.39 is 0 Å². The highest BCUT2D eigenvalue weighted by atomic mass is 35.5. The van der Waals surface area contributed by atoms with E-state index >= 15 is 0 Å². The number of benzene rings is 1. The fourth-order valence-electron chi connectivity index (χ4n) is 4.69. The van der Waals surface area contributed by atoms with Gasteiger partial charge < -0.3 is 15.5 Å². The largest absolute Gasteiger partial charge is 0.354 e. The number of para-hydroxylation sites is 1. The average molecular weight is 407 g/mol. The molecule has 3 heterocycles. The summed E-state index contributed by atoms with van der Waals surface area (Å²) < 4.78 is 0. The SMILES string of the molecule is Cl.O=C(NCC1CCCN(C2CCN(c3ccccc3)C2=O)C1)C1CCCN1. The van der Waals surface area contributed by atoms with Gasteiger partial charge in [0.15, 0.2) is 0 Å². The number of carbonyl (C=O) groups is 2. The normalized spacial score (nSPS) is 28.2. The van der Waals surface area contributed by atoms with Crippen molar-refractivity contribution in [3.05, 3.63) is 30.3 Å². The average Bonchev–Trinajstić information content (AvgIpc) is 3.37. The van der Waals surface area contributed by atoms with E-state index in [9.17, 15) is 9.59 Å². The van der Waals surface area contributed by atoms with Crippen molar-refractivity contribution in [3.8, 4) is 0 Å². The van der Waals surface area contributed by atoms with Crippen molar-refractivity contribution in [3.63, 3.8) is 0 Å². The Bertz CT molecular complexity index is 666. The molecular formula is C21H31ClN4O2. The smallest absolute Gasteiger partial charge is 0.244 e. The summed E-state index contributed by atoms with van der Waals surface area (Å²) >= 11 is 0. The Kier molecular flexibility index (Phi) is 7.32. The van der Waals surface area contributed by atoms with Crippen LogP contribution in [-0.2, 0) is 9.59 Å². The van der Waals surface area contributed by atoms with Crippen LogP contribution in [0.25, 0.3) is 0 Å². The third kappa shape index (κ3) is 4.67. The first-order chi connectivity index (χ1) is 13.2. The lowest BCUT2D eigenvalue weighted by Gasteiger charge is -2.36. The predicted octanol–water partition coefficient (Wildman–Crippen LogP) is 1.79. The Balaban J connectivity index is 0.00000225. The molecule has 3 aliphatic rings. The van der Waals surface area contributed by atoms with Gasteiger partial charge >= 0.3 is 0 Å². The van der Waals surface area contributed by atoms with Gasteiger partial charge in [-0.25, -0.2) is 0 Å². The first-order valence-corrected chi connectivity index (χ1v) is 10.3. The number of hydrogen-bond acceptors (Lipinski definition) is 4. The van der Waals surface area contributed by atoms with Gasteiger partial charge in [0, 0.05) is 25.3 Å². The zero-order chi connectivity index (χ0) is 18.6. The maximum atomic E-state index is 13.0. The van der Waals surface area contributed by atoms with Crippen LogP contribution in [-0.4, -0.2) is 61.5 Å². The van der Waals surface area contributed by atoms with E-state index in [0.717, 1.165) is 70.5 Å². The lowest BCUT2D eigenvalue weighted by molar-refractivity contribution is -0.124. The van der Waals surface area contributed by atoms with E-state index in [-0.39, 0.29) is 36.3 Å². The first-order valence-electron chi connectivity index (χ1n) is 10.3. The number of likely N-dealkylation sites (tertiary alicyclic amines) is 1. The molecule has 0 bridgehead atoms. The van der Waals surface area contributed by atoms with Crippen molar-refractivity contribution >= 4 is 29.9 Å². The fourth-order valence-corrected chi connectivity index (χ4v) is 4.69. The number of hydrogen-bond donors (Lipinski definition) is 2. The fraction of sp³-hybridized carbons (Fsp3) is 0.619. The molecule has 7 heteroatoms. The predicted molar refractivity (Wildman–Crippen MR) is 113 cm³/mol. The van der Waals surface area contributed by atoms with Crippen LogP contribution in [0.1, 0.15) is 32.1 Å². The van der Waals surface area contributed by atoms with E-state index in [1.165, 1.54) is 0 Å². The molecule has 6 nitrogen and oxygen atoms in total. The Hall–Kier alpha value is -1.63. The molecule has 2 amide bonds. The zero-order valence-electron chi connectivity index (χ0n) is 16.3. The van der Waals surface area contributed by atoms with Crippen LogP contribution in [0, 0.1) is 5.92 Å². The third-order valence-electron chi connectivity index (χ3n) is 6.18. The van der Waals surface area contributed by atoms with Crippen LogP contribution in [0.2, 0.25) is 0 Å². The second-order valence-electron chi connectivity index (χ2n) is 8.03. The summed E-state index contributed by atoms with van der Waals surface area (Å²) in [6, 6.07) is 9.92. The molecule has 2 N–H and O–H groups in total. The molecule has 3 unspecified atom stereocenters. The molecule has 4 rings (SSSR count). The number of rotatable bonds is 5. The first kappa shape index (κ1) is 21.1. The minimum Gasteiger partial charge on any atom is -0.354 e. The topological polar surface area (TPSA) is 64.7 Å². The number of nitrogens with zero attached hydrogens (tertiary/aromatic N) is 2. The van der Waals surface area contributed by atoms with Crippen molar-refractivity contribution in [2.75, 3.05) is 37.6 Å². The summed E-state index contributed by atoms with van der Waals surface area (Å²) in [5, 5.41) is 6.38. The summed E-state index contributed by atoms with van der Waals surface area (Å²) in [5.74, 6) is 0.792. The second-order valence-corrected chi connectivity index (χ2v) is 8.03. The van der Waals surface area contributed by atoms with Crippen molar-refractivity contribution in [2.45, 2.75) is 44.2 Å². The van der Waals surface area contributed by atoms with Crippen LogP contribution < -0.4 is 15.5 Å². The molecule has 28 heavy (non-hydrogen) atoms. The van der Waals surface area contributed by atoms with Gasteiger partial charge in [0.25, 0.3) is 0 Å². The lowest BCUT2D eigenvalue weighted by atomic mass is 9.96. The third-order valence-corrected chi connectivity index (χ3v) is 6.18. The van der Waals surface area contributed by atoms with Crippen LogP contribution >= 0.6 is 12.4 Å². The molecule has 1 aromatic rings. The van der Waals surface area contributed by atoms with E-state index in [2.05, 4.69) is 15.5 Å². The molecular weight excluding hydrogens is 376 g/mol. The highest BCUT2D eigenvalue weighted by molar-refractivity contribution is 5.99. The molecule has 0 spiro atoms.